The van der Waals surface area contributed by atoms with Crippen LogP contribution < -0.4 is 27.4 Å². The molecule has 9 N–H and O–H groups in total. The summed E-state index contributed by atoms with van der Waals surface area (Å²) in [6, 6.07) is 13.7. The summed E-state index contributed by atoms with van der Waals surface area (Å²) < 4.78 is 0. The van der Waals surface area contributed by atoms with Gasteiger partial charge in [0.05, 0.1) is 17.1 Å². The average Bonchev–Trinajstić information content (AvgIpc) is 2.87. The number of nitrogen functional groups attached to an aromatic ring is 2. The van der Waals surface area contributed by atoms with Gasteiger partial charge < -0.3 is 32.5 Å². The third-order valence-electron chi connectivity index (χ3n) is 6.84. The van der Waals surface area contributed by atoms with Crippen molar-refractivity contribution in [3.63, 3.8) is 0 Å². The number of benzene rings is 3. The van der Waals surface area contributed by atoms with Gasteiger partial charge >= 0.3 is 0 Å². The van der Waals surface area contributed by atoms with Crippen molar-refractivity contribution < 1.29 is 14.7 Å². The second-order valence-electron chi connectivity index (χ2n) is 10.4. The minimum atomic E-state index is -0.336. The maximum Gasteiger partial charge on any atom is 0.251 e. The fourth-order valence-corrected chi connectivity index (χ4v) is 4.90. The van der Waals surface area contributed by atoms with Crippen LogP contribution in [0.2, 0.25) is 5.02 Å². The first-order chi connectivity index (χ1) is 19.0. The van der Waals surface area contributed by atoms with Gasteiger partial charge in [-0.15, -0.1) is 0 Å². The molecule has 0 spiro atoms. The second-order valence-corrected chi connectivity index (χ2v) is 10.8. The summed E-state index contributed by atoms with van der Waals surface area (Å²) in [7, 11) is 0. The Morgan fingerprint density at radius 2 is 1.80 bits per heavy atom. The fourth-order valence-electron chi connectivity index (χ4n) is 4.57. The van der Waals surface area contributed by atoms with Gasteiger partial charge in [-0.2, -0.15) is 0 Å². The van der Waals surface area contributed by atoms with E-state index in [0.717, 1.165) is 24.8 Å². The molecule has 0 bridgehead atoms. The highest BCUT2D eigenvalue weighted by molar-refractivity contribution is 6.34. The minimum Gasteiger partial charge on any atom is -0.505 e. The van der Waals surface area contributed by atoms with E-state index in [2.05, 4.69) is 16.0 Å². The SMILES string of the molecule is CC(C)Nc1cc(Cl)c(-c2cc(N)cc(C(=O)NC3CCC3)c2)c(CC(=O)NCc2ccc(C(=N)N)cc2)c1O. The summed E-state index contributed by atoms with van der Waals surface area (Å²) in [5.41, 5.74) is 15.5. The average molecular weight is 563 g/mol. The van der Waals surface area contributed by atoms with Crippen molar-refractivity contribution in [2.45, 2.75) is 58.2 Å². The molecule has 0 aromatic heterocycles. The standard InChI is InChI=1S/C30H35ClN6O3/c1-16(2)36-25-14-24(31)27(19-10-20(12-21(32)11-19)30(40)37-22-4-3-5-22)23(28(25)39)13-26(38)35-15-17-6-8-18(9-7-17)29(33)34/h6-12,14,16,22,36,39H,3-5,13,15,32H2,1-2H3,(H3,33,34)(H,35,38)(H,37,40). The van der Waals surface area contributed by atoms with Crippen LogP contribution in [0.25, 0.3) is 11.1 Å². The van der Waals surface area contributed by atoms with Crippen LogP contribution in [0.4, 0.5) is 11.4 Å². The Labute approximate surface area is 238 Å². The summed E-state index contributed by atoms with van der Waals surface area (Å²) in [4.78, 5) is 26.0. The predicted molar refractivity (Wildman–Crippen MR) is 160 cm³/mol. The van der Waals surface area contributed by atoms with Crippen molar-refractivity contribution >= 4 is 40.6 Å². The number of halogens is 1. The normalized spacial score (nSPS) is 13.0. The minimum absolute atomic E-state index is 0.00152. The molecule has 1 fully saturated rings. The van der Waals surface area contributed by atoms with E-state index >= 15 is 0 Å². The Kier molecular flexibility index (Phi) is 8.84. The number of rotatable bonds is 10. The lowest BCUT2D eigenvalue weighted by atomic mass is 9.92. The van der Waals surface area contributed by atoms with Gasteiger partial charge in [0.2, 0.25) is 5.91 Å². The van der Waals surface area contributed by atoms with E-state index in [9.17, 15) is 14.7 Å². The summed E-state index contributed by atoms with van der Waals surface area (Å²) in [6.07, 6.45) is 2.82. The number of amidine groups is 1. The third-order valence-corrected chi connectivity index (χ3v) is 7.13. The number of hydrogen-bond acceptors (Lipinski definition) is 6. The van der Waals surface area contributed by atoms with Gasteiger partial charge in [0.25, 0.3) is 5.91 Å². The van der Waals surface area contributed by atoms with E-state index in [0.29, 0.717) is 44.2 Å². The molecule has 0 aliphatic heterocycles. The van der Waals surface area contributed by atoms with E-state index in [1.54, 1.807) is 48.5 Å². The monoisotopic (exact) mass is 562 g/mol. The molecule has 0 atom stereocenters. The van der Waals surface area contributed by atoms with Crippen molar-refractivity contribution in [3.05, 3.63) is 75.8 Å². The lowest BCUT2D eigenvalue weighted by molar-refractivity contribution is -0.120. The van der Waals surface area contributed by atoms with Crippen molar-refractivity contribution in [1.82, 2.24) is 10.6 Å². The first-order valence-corrected chi connectivity index (χ1v) is 13.6. The Balaban J connectivity index is 1.65. The molecule has 10 heteroatoms. The first kappa shape index (κ1) is 28.8. The van der Waals surface area contributed by atoms with Gasteiger partial charge in [0, 0.05) is 46.6 Å². The maximum atomic E-state index is 13.1. The molecule has 0 radical (unpaired) electrons. The zero-order valence-corrected chi connectivity index (χ0v) is 23.4. The van der Waals surface area contributed by atoms with Crippen molar-refractivity contribution in [3.8, 4) is 16.9 Å². The smallest absolute Gasteiger partial charge is 0.251 e. The first-order valence-electron chi connectivity index (χ1n) is 13.2. The number of phenols is 1. The highest BCUT2D eigenvalue weighted by Crippen LogP contribution is 2.43. The molecule has 210 valence electrons. The van der Waals surface area contributed by atoms with Gasteiger partial charge in [0.1, 0.15) is 11.6 Å². The van der Waals surface area contributed by atoms with Crippen molar-refractivity contribution in [2.24, 2.45) is 5.73 Å². The molecule has 3 aromatic rings. The Morgan fingerprint density at radius 3 is 2.40 bits per heavy atom. The molecule has 1 aliphatic rings. The maximum absolute atomic E-state index is 13.1. The molecular weight excluding hydrogens is 528 g/mol. The number of nitrogens with two attached hydrogens (primary N) is 2. The fraction of sp³-hybridized carbons (Fsp3) is 0.300. The van der Waals surface area contributed by atoms with Crippen LogP contribution in [0.5, 0.6) is 5.75 Å². The second kappa shape index (κ2) is 12.3. The molecule has 40 heavy (non-hydrogen) atoms. The van der Waals surface area contributed by atoms with Crippen molar-refractivity contribution in [2.75, 3.05) is 11.1 Å². The largest absolute Gasteiger partial charge is 0.505 e. The van der Waals surface area contributed by atoms with Gasteiger partial charge in [-0.05, 0) is 68.5 Å². The summed E-state index contributed by atoms with van der Waals surface area (Å²) in [5, 5.41) is 28.2. The molecule has 1 saturated carbocycles. The van der Waals surface area contributed by atoms with E-state index in [-0.39, 0.29) is 48.4 Å². The van der Waals surface area contributed by atoms with Crippen LogP contribution >= 0.6 is 11.6 Å². The third kappa shape index (κ3) is 6.84. The number of carbonyl (C=O) groups is 2. The number of amides is 2. The number of nitrogens with one attached hydrogen (secondary N) is 4. The molecule has 0 heterocycles. The topological polar surface area (TPSA) is 166 Å². The van der Waals surface area contributed by atoms with Crippen LogP contribution in [-0.2, 0) is 17.8 Å². The summed E-state index contributed by atoms with van der Waals surface area (Å²) in [5.74, 6) is -0.698. The van der Waals surface area contributed by atoms with Crippen LogP contribution in [0.1, 0.15) is 60.2 Å². The number of aromatic hydroxyl groups is 1. The Morgan fingerprint density at radius 1 is 1.10 bits per heavy atom. The zero-order valence-electron chi connectivity index (χ0n) is 22.6. The molecule has 0 saturated heterocycles. The molecule has 1 aliphatic carbocycles. The summed E-state index contributed by atoms with van der Waals surface area (Å²) >= 11 is 6.77. The predicted octanol–water partition coefficient (Wildman–Crippen LogP) is 4.54. The van der Waals surface area contributed by atoms with Crippen LogP contribution in [0, 0.1) is 5.41 Å². The summed E-state index contributed by atoms with van der Waals surface area (Å²) in [6.45, 7) is 4.10. The van der Waals surface area contributed by atoms with Crippen LogP contribution in [0.15, 0.2) is 48.5 Å². The van der Waals surface area contributed by atoms with E-state index in [1.165, 1.54) is 0 Å². The molecule has 3 aromatic carbocycles. The van der Waals surface area contributed by atoms with Crippen molar-refractivity contribution in [1.29, 1.82) is 5.41 Å². The number of anilines is 2. The van der Waals surface area contributed by atoms with E-state index < -0.39 is 0 Å². The molecule has 2 amide bonds. The Bertz CT molecular complexity index is 1430. The van der Waals surface area contributed by atoms with Crippen LogP contribution in [-0.4, -0.2) is 34.8 Å². The number of phenolic OH excluding ortho intramolecular Hbond substituents is 1. The molecular formula is C30H35ClN6O3. The quantitative estimate of drug-likeness (QED) is 0.0828. The molecule has 4 rings (SSSR count). The van der Waals surface area contributed by atoms with Gasteiger partial charge in [-0.25, -0.2) is 0 Å². The van der Waals surface area contributed by atoms with E-state index in [1.807, 2.05) is 13.8 Å². The van der Waals surface area contributed by atoms with Gasteiger partial charge in [-0.1, -0.05) is 35.9 Å². The highest BCUT2D eigenvalue weighted by Gasteiger charge is 2.24. The number of hydrogen-bond donors (Lipinski definition) is 7. The zero-order chi connectivity index (χ0) is 29.0. The molecule has 0 unspecified atom stereocenters. The highest BCUT2D eigenvalue weighted by atomic mass is 35.5. The number of carbonyl (C=O) groups excluding carboxylic acids is 2. The Hall–Kier alpha value is -4.24. The lowest BCUT2D eigenvalue weighted by Crippen LogP contribution is -2.39. The van der Waals surface area contributed by atoms with Gasteiger partial charge in [-0.3, -0.25) is 15.0 Å². The lowest BCUT2D eigenvalue weighted by Gasteiger charge is -2.26. The molecule has 9 nitrogen and oxygen atoms in total. The van der Waals surface area contributed by atoms with Crippen LogP contribution in [0.3, 0.4) is 0 Å². The van der Waals surface area contributed by atoms with Gasteiger partial charge in [0.15, 0.2) is 0 Å². The van der Waals surface area contributed by atoms with E-state index in [4.69, 9.17) is 28.5 Å².